The highest BCUT2D eigenvalue weighted by Gasteiger charge is 2.07. The minimum atomic E-state index is -0.359. The van der Waals surface area contributed by atoms with E-state index in [1.165, 1.54) is 0 Å². The van der Waals surface area contributed by atoms with Crippen molar-refractivity contribution in [2.75, 3.05) is 0 Å². The fourth-order valence-electron chi connectivity index (χ4n) is 0.916. The van der Waals surface area contributed by atoms with Crippen molar-refractivity contribution in [1.82, 2.24) is 0 Å². The Labute approximate surface area is 66.4 Å². The van der Waals surface area contributed by atoms with Gasteiger partial charge in [0, 0.05) is 6.07 Å². The zero-order chi connectivity index (χ0) is 8.43. The van der Waals surface area contributed by atoms with Crippen LogP contribution in [0.3, 0.4) is 0 Å². The minimum Gasteiger partial charge on any atom is -0.258 e. The molecule has 0 fully saturated rings. The van der Waals surface area contributed by atoms with Crippen molar-refractivity contribution in [3.8, 4) is 0 Å². The molecule has 0 aliphatic rings. The molecule has 0 aliphatic carbocycles. The van der Waals surface area contributed by atoms with E-state index < -0.39 is 0 Å². The molecule has 0 atom stereocenters. The second-order valence-corrected chi connectivity index (χ2v) is 2.55. The van der Waals surface area contributed by atoms with Crippen LogP contribution in [-0.4, -0.2) is 20.6 Å². The van der Waals surface area contributed by atoms with Crippen molar-refractivity contribution in [2.24, 2.45) is 0 Å². The van der Waals surface area contributed by atoms with Crippen LogP contribution < -0.4 is 10.9 Å². The first-order chi connectivity index (χ1) is 5.11. The Hall–Kier alpha value is -1.25. The average molecular weight is 147 g/mol. The molecule has 1 aromatic rings. The maximum absolute atomic E-state index is 10.4. The van der Waals surface area contributed by atoms with Gasteiger partial charge in [0.2, 0.25) is 0 Å². The molecule has 0 saturated heterocycles. The number of hydrogen-bond donors (Lipinski definition) is 0. The fraction of sp³-hybridized carbons (Fsp3) is 0. The predicted octanol–water partition coefficient (Wildman–Crippen LogP) is -1.89. The van der Waals surface area contributed by atoms with Gasteiger partial charge in [-0.15, -0.1) is 0 Å². The second kappa shape index (κ2) is 2.78. The van der Waals surface area contributed by atoms with E-state index in [1.54, 1.807) is 20.0 Å². The van der Waals surface area contributed by atoms with Crippen molar-refractivity contribution in [1.29, 1.82) is 0 Å². The summed E-state index contributed by atoms with van der Waals surface area (Å²) < 4.78 is 0. The second-order valence-electron chi connectivity index (χ2n) is 2.55. The van der Waals surface area contributed by atoms with Gasteiger partial charge in [-0.1, -0.05) is 17.6 Å². The highest BCUT2D eigenvalue weighted by Crippen LogP contribution is 2.01. The smallest absolute Gasteiger partial charge is 0.258 e. The molecule has 1 rings (SSSR count). The predicted molar refractivity (Wildman–Crippen MR) is 49.5 cm³/mol. The molecule has 54 valence electrons. The molecule has 0 N–H and O–H groups in total. The molecule has 5 heteroatoms. The van der Waals surface area contributed by atoms with Gasteiger partial charge in [0.15, 0.2) is 0 Å². The van der Waals surface area contributed by atoms with Crippen molar-refractivity contribution < 1.29 is 4.92 Å². The topological polar surface area (TPSA) is 43.1 Å². The first-order valence-corrected chi connectivity index (χ1v) is 3.33. The summed E-state index contributed by atoms with van der Waals surface area (Å²) in [6.07, 6.45) is 0. The summed E-state index contributed by atoms with van der Waals surface area (Å²) in [6, 6.07) is 5.20. The van der Waals surface area contributed by atoms with Gasteiger partial charge in [-0.2, -0.15) is 0 Å². The Morgan fingerprint density at radius 3 is 2.45 bits per heavy atom. The standard InChI is InChI=1S/C6H7B2NO2/c7-4-1-2-5(8)6(3-4)9(10)11/h1-3H,7-8H2. The molecule has 0 heterocycles. The van der Waals surface area contributed by atoms with Crippen LogP contribution in [0.4, 0.5) is 5.69 Å². The SMILES string of the molecule is Bc1ccc(B)c([N+](=O)[O-])c1. The van der Waals surface area contributed by atoms with Gasteiger partial charge in [0.05, 0.1) is 4.92 Å². The van der Waals surface area contributed by atoms with Crippen LogP contribution in [0.2, 0.25) is 0 Å². The Kier molecular flexibility index (Phi) is 1.98. The zero-order valence-corrected chi connectivity index (χ0v) is 6.50. The molecule has 3 nitrogen and oxygen atoms in total. The van der Waals surface area contributed by atoms with Crippen molar-refractivity contribution in [3.05, 3.63) is 28.3 Å². The van der Waals surface area contributed by atoms with Gasteiger partial charge >= 0.3 is 0 Å². The van der Waals surface area contributed by atoms with Gasteiger partial charge in [-0.3, -0.25) is 10.1 Å². The molecule has 0 saturated carbocycles. The highest BCUT2D eigenvalue weighted by molar-refractivity contribution is 6.37. The molecule has 0 radical (unpaired) electrons. The lowest BCUT2D eigenvalue weighted by Gasteiger charge is -1.96. The average Bonchev–Trinajstić information content (AvgIpc) is 1.94. The molecule has 1 aromatic carbocycles. The third-order valence-electron chi connectivity index (χ3n) is 1.56. The van der Waals surface area contributed by atoms with Crippen LogP contribution in [0.15, 0.2) is 18.2 Å². The molecule has 0 unspecified atom stereocenters. The number of nitrogens with zero attached hydrogens (tertiary/aromatic N) is 1. The Bertz CT molecular complexity index is 301. The van der Waals surface area contributed by atoms with Crippen LogP contribution in [0, 0.1) is 10.1 Å². The maximum atomic E-state index is 10.4. The van der Waals surface area contributed by atoms with Crippen molar-refractivity contribution >= 4 is 32.3 Å². The molecule has 0 amide bonds. The van der Waals surface area contributed by atoms with Gasteiger partial charge < -0.3 is 0 Å². The number of benzene rings is 1. The van der Waals surface area contributed by atoms with Gasteiger partial charge in [0.1, 0.15) is 15.7 Å². The molecule has 0 spiro atoms. The van der Waals surface area contributed by atoms with E-state index in [2.05, 4.69) is 0 Å². The van der Waals surface area contributed by atoms with Gasteiger partial charge in [-0.05, 0) is 5.46 Å². The Balaban J connectivity index is 3.23. The summed E-state index contributed by atoms with van der Waals surface area (Å²) in [4.78, 5) is 10.0. The quantitative estimate of drug-likeness (QED) is 0.264. The molecular weight excluding hydrogens is 140 g/mol. The maximum Gasteiger partial charge on any atom is 0.262 e. The van der Waals surface area contributed by atoms with E-state index in [-0.39, 0.29) is 10.6 Å². The first-order valence-electron chi connectivity index (χ1n) is 3.33. The largest absolute Gasteiger partial charge is 0.262 e. The van der Waals surface area contributed by atoms with E-state index in [0.29, 0.717) is 5.46 Å². The van der Waals surface area contributed by atoms with E-state index >= 15 is 0 Å². The summed E-state index contributed by atoms with van der Waals surface area (Å²) in [5.41, 5.74) is 1.83. The lowest BCUT2D eigenvalue weighted by molar-refractivity contribution is -0.383. The van der Waals surface area contributed by atoms with E-state index in [1.807, 2.05) is 13.9 Å². The summed E-state index contributed by atoms with van der Waals surface area (Å²) in [6.45, 7) is 0. The zero-order valence-electron chi connectivity index (χ0n) is 6.50. The minimum absolute atomic E-state index is 0.199. The summed E-state index contributed by atoms with van der Waals surface area (Å²) >= 11 is 0. The van der Waals surface area contributed by atoms with Crippen LogP contribution in [0.25, 0.3) is 0 Å². The highest BCUT2D eigenvalue weighted by atomic mass is 16.6. The van der Waals surface area contributed by atoms with Crippen molar-refractivity contribution in [3.63, 3.8) is 0 Å². The van der Waals surface area contributed by atoms with E-state index in [9.17, 15) is 10.1 Å². The first kappa shape index (κ1) is 7.85. The van der Waals surface area contributed by atoms with Gasteiger partial charge in [0.25, 0.3) is 5.69 Å². The number of nitro benzene ring substituents is 1. The van der Waals surface area contributed by atoms with Crippen LogP contribution in [0.1, 0.15) is 0 Å². The number of rotatable bonds is 1. The molecule has 11 heavy (non-hydrogen) atoms. The lowest BCUT2D eigenvalue weighted by Crippen LogP contribution is -2.14. The molecule has 0 aromatic heterocycles. The van der Waals surface area contributed by atoms with Gasteiger partial charge in [-0.25, -0.2) is 0 Å². The molecular formula is C6H7B2NO2. The van der Waals surface area contributed by atoms with Crippen molar-refractivity contribution in [2.45, 2.75) is 0 Å². The summed E-state index contributed by atoms with van der Waals surface area (Å²) in [5.74, 6) is 0. The van der Waals surface area contributed by atoms with E-state index in [0.717, 1.165) is 5.46 Å². The summed E-state index contributed by atoms with van der Waals surface area (Å²) in [5, 5.41) is 10.4. The molecule has 0 bridgehead atoms. The summed E-state index contributed by atoms with van der Waals surface area (Å²) in [7, 11) is 3.57. The normalized spacial score (nSPS) is 9.45. The van der Waals surface area contributed by atoms with Crippen LogP contribution in [-0.2, 0) is 0 Å². The number of nitro groups is 1. The third kappa shape index (κ3) is 1.61. The van der Waals surface area contributed by atoms with Crippen LogP contribution >= 0.6 is 0 Å². The lowest BCUT2D eigenvalue weighted by atomic mass is 9.88. The van der Waals surface area contributed by atoms with E-state index in [4.69, 9.17) is 0 Å². The monoisotopic (exact) mass is 147 g/mol. The molecule has 0 aliphatic heterocycles. The fourth-order valence-corrected chi connectivity index (χ4v) is 0.916. The number of hydrogen-bond acceptors (Lipinski definition) is 2. The Morgan fingerprint density at radius 2 is 2.00 bits per heavy atom. The Morgan fingerprint density at radius 1 is 1.36 bits per heavy atom. The third-order valence-corrected chi connectivity index (χ3v) is 1.56. The van der Waals surface area contributed by atoms with Crippen LogP contribution in [0.5, 0.6) is 0 Å².